The molecule has 0 aromatic carbocycles. The highest BCUT2D eigenvalue weighted by atomic mass is 32.1. The van der Waals surface area contributed by atoms with Crippen molar-refractivity contribution in [3.63, 3.8) is 0 Å². The Morgan fingerprint density at radius 1 is 1.30 bits per heavy atom. The lowest BCUT2D eigenvalue weighted by Gasteiger charge is -2.57. The number of alkyl halides is 1. The summed E-state index contributed by atoms with van der Waals surface area (Å²) in [4.78, 5) is 22.4. The van der Waals surface area contributed by atoms with Gasteiger partial charge in [0.1, 0.15) is 0 Å². The molecule has 1 saturated carbocycles. The fraction of sp³-hybridized carbons (Fsp3) is 0.765. The second kappa shape index (κ2) is 5.52. The molecule has 1 amide bonds. The lowest BCUT2D eigenvalue weighted by molar-refractivity contribution is -0.158. The molecule has 0 N–H and O–H groups in total. The average molecular weight is 337 g/mol. The molecule has 1 aliphatic carbocycles. The zero-order valence-electron chi connectivity index (χ0n) is 13.7. The molecule has 4 nitrogen and oxygen atoms in total. The standard InChI is InChI=1S/C17H24FN3OS/c1-13-19-10-14(23-13)11-21-9-7-16(21)4-3-8-20(12-16)15(22)17(18)5-2-6-17/h10H,2-9,11-12H2,1H3/t16-/m0/s1. The third-order valence-corrected chi connectivity index (χ3v) is 6.80. The summed E-state index contributed by atoms with van der Waals surface area (Å²) in [7, 11) is 0. The Morgan fingerprint density at radius 3 is 2.70 bits per heavy atom. The van der Waals surface area contributed by atoms with Crippen molar-refractivity contribution in [1.29, 1.82) is 0 Å². The Hall–Kier alpha value is -1.01. The van der Waals surface area contributed by atoms with Crippen LogP contribution in [0.3, 0.4) is 0 Å². The zero-order chi connectivity index (χ0) is 16.1. The number of hydrogen-bond acceptors (Lipinski definition) is 4. The van der Waals surface area contributed by atoms with Crippen molar-refractivity contribution < 1.29 is 9.18 Å². The number of hydrogen-bond donors (Lipinski definition) is 0. The zero-order valence-corrected chi connectivity index (χ0v) is 14.5. The predicted octanol–water partition coefficient (Wildman–Crippen LogP) is 2.91. The minimum Gasteiger partial charge on any atom is -0.338 e. The van der Waals surface area contributed by atoms with Crippen molar-refractivity contribution in [3.8, 4) is 0 Å². The largest absolute Gasteiger partial charge is 0.338 e. The number of rotatable bonds is 3. The van der Waals surface area contributed by atoms with E-state index in [-0.39, 0.29) is 11.4 Å². The van der Waals surface area contributed by atoms with Crippen LogP contribution >= 0.6 is 11.3 Å². The van der Waals surface area contributed by atoms with Gasteiger partial charge in [-0.05, 0) is 45.4 Å². The second-order valence-corrected chi connectivity index (χ2v) is 8.71. The average Bonchev–Trinajstić information content (AvgIpc) is 2.94. The van der Waals surface area contributed by atoms with Gasteiger partial charge in [-0.15, -0.1) is 11.3 Å². The number of thiazole rings is 1. The molecular formula is C17H24FN3OS. The van der Waals surface area contributed by atoms with Crippen LogP contribution in [0.2, 0.25) is 0 Å². The quantitative estimate of drug-likeness (QED) is 0.851. The SMILES string of the molecule is Cc1ncc(CN2CC[C@]23CCCN(C(=O)C2(F)CCC2)C3)s1. The van der Waals surface area contributed by atoms with Gasteiger partial charge in [0.05, 0.1) is 5.01 Å². The molecule has 1 spiro atoms. The third kappa shape index (κ3) is 2.60. The van der Waals surface area contributed by atoms with Gasteiger partial charge in [-0.25, -0.2) is 9.37 Å². The number of aromatic nitrogens is 1. The second-order valence-electron chi connectivity index (χ2n) is 7.39. The van der Waals surface area contributed by atoms with Gasteiger partial charge < -0.3 is 4.90 Å². The van der Waals surface area contributed by atoms with Crippen LogP contribution in [-0.4, -0.2) is 51.5 Å². The summed E-state index contributed by atoms with van der Waals surface area (Å²) in [6.45, 7) is 5.43. The smallest absolute Gasteiger partial charge is 0.260 e. The molecule has 3 aliphatic rings. The van der Waals surface area contributed by atoms with Crippen LogP contribution in [0.1, 0.15) is 48.4 Å². The van der Waals surface area contributed by atoms with Crippen molar-refractivity contribution in [1.82, 2.24) is 14.8 Å². The molecule has 6 heteroatoms. The maximum atomic E-state index is 14.5. The molecule has 0 bridgehead atoms. The van der Waals surface area contributed by atoms with Crippen molar-refractivity contribution in [2.75, 3.05) is 19.6 Å². The first-order chi connectivity index (χ1) is 11.0. The van der Waals surface area contributed by atoms with Gasteiger partial charge in [-0.2, -0.15) is 0 Å². The highest BCUT2D eigenvalue weighted by Crippen LogP contribution is 2.43. The molecule has 2 aliphatic heterocycles. The van der Waals surface area contributed by atoms with E-state index >= 15 is 0 Å². The fourth-order valence-corrected chi connectivity index (χ4v) is 5.04. The Bertz CT molecular complexity index is 615. The molecule has 0 radical (unpaired) electrons. The number of amides is 1. The van der Waals surface area contributed by atoms with Crippen LogP contribution in [0.4, 0.5) is 4.39 Å². The van der Waals surface area contributed by atoms with Crippen LogP contribution in [0.25, 0.3) is 0 Å². The highest BCUT2D eigenvalue weighted by molar-refractivity contribution is 7.11. The summed E-state index contributed by atoms with van der Waals surface area (Å²) in [5.74, 6) is -0.247. The topological polar surface area (TPSA) is 36.4 Å². The number of aryl methyl sites for hydroxylation is 1. The lowest BCUT2D eigenvalue weighted by Crippen LogP contribution is -2.68. The first-order valence-electron chi connectivity index (χ1n) is 8.66. The van der Waals surface area contributed by atoms with E-state index in [1.54, 1.807) is 11.3 Å². The first-order valence-corrected chi connectivity index (χ1v) is 9.47. The summed E-state index contributed by atoms with van der Waals surface area (Å²) < 4.78 is 14.5. The summed E-state index contributed by atoms with van der Waals surface area (Å²) in [5, 5.41) is 1.10. The Labute approximate surface area is 140 Å². The van der Waals surface area contributed by atoms with E-state index < -0.39 is 5.67 Å². The number of halogens is 1. The van der Waals surface area contributed by atoms with Gasteiger partial charge in [0.15, 0.2) is 5.67 Å². The molecular weight excluding hydrogens is 313 g/mol. The molecule has 2 saturated heterocycles. The van der Waals surface area contributed by atoms with Crippen LogP contribution < -0.4 is 0 Å². The number of likely N-dealkylation sites (tertiary alicyclic amines) is 2. The van der Waals surface area contributed by atoms with E-state index in [1.165, 1.54) is 4.88 Å². The van der Waals surface area contributed by atoms with Crippen molar-refractivity contribution in [3.05, 3.63) is 16.1 Å². The van der Waals surface area contributed by atoms with E-state index in [4.69, 9.17) is 0 Å². The summed E-state index contributed by atoms with van der Waals surface area (Å²) in [5.41, 5.74) is -1.48. The van der Waals surface area contributed by atoms with Gasteiger partial charge in [0.2, 0.25) is 0 Å². The number of nitrogens with zero attached hydrogens (tertiary/aromatic N) is 3. The molecule has 4 rings (SSSR count). The maximum absolute atomic E-state index is 14.5. The molecule has 3 heterocycles. The van der Waals surface area contributed by atoms with Crippen LogP contribution in [-0.2, 0) is 11.3 Å². The Balaban J connectivity index is 1.44. The van der Waals surface area contributed by atoms with Gasteiger partial charge in [0.25, 0.3) is 5.91 Å². The molecule has 23 heavy (non-hydrogen) atoms. The maximum Gasteiger partial charge on any atom is 0.260 e. The highest BCUT2D eigenvalue weighted by Gasteiger charge is 2.52. The summed E-state index contributed by atoms with van der Waals surface area (Å²) >= 11 is 1.74. The van der Waals surface area contributed by atoms with Crippen LogP contribution in [0.15, 0.2) is 6.20 Å². The van der Waals surface area contributed by atoms with Gasteiger partial charge in [0, 0.05) is 42.8 Å². The number of piperidine rings is 1. The van der Waals surface area contributed by atoms with Gasteiger partial charge in [-0.3, -0.25) is 9.69 Å². The molecule has 126 valence electrons. The Morgan fingerprint density at radius 2 is 2.13 bits per heavy atom. The van der Waals surface area contributed by atoms with E-state index in [2.05, 4.69) is 9.88 Å². The molecule has 1 aromatic rings. The van der Waals surface area contributed by atoms with E-state index in [9.17, 15) is 9.18 Å². The summed E-state index contributed by atoms with van der Waals surface area (Å²) in [6, 6.07) is 0. The first kappa shape index (κ1) is 15.5. The molecule has 1 aromatic heterocycles. The minimum atomic E-state index is -1.55. The van der Waals surface area contributed by atoms with E-state index in [0.717, 1.165) is 50.3 Å². The van der Waals surface area contributed by atoms with E-state index in [0.29, 0.717) is 19.4 Å². The normalized spacial score (nSPS) is 30.1. The Kier molecular flexibility index (Phi) is 3.72. The number of carbonyl (C=O) groups is 1. The van der Waals surface area contributed by atoms with Gasteiger partial charge >= 0.3 is 0 Å². The molecule has 3 fully saturated rings. The monoisotopic (exact) mass is 337 g/mol. The predicted molar refractivity (Wildman–Crippen MR) is 88.1 cm³/mol. The van der Waals surface area contributed by atoms with Crippen LogP contribution in [0, 0.1) is 6.92 Å². The minimum absolute atomic E-state index is 0.0753. The van der Waals surface area contributed by atoms with Crippen molar-refractivity contribution in [2.24, 2.45) is 0 Å². The number of carbonyl (C=O) groups excluding carboxylic acids is 1. The lowest BCUT2D eigenvalue weighted by atomic mass is 9.75. The molecule has 1 atom stereocenters. The van der Waals surface area contributed by atoms with Gasteiger partial charge in [-0.1, -0.05) is 0 Å². The molecule has 0 unspecified atom stereocenters. The third-order valence-electron chi connectivity index (χ3n) is 5.91. The fourth-order valence-electron chi connectivity index (χ4n) is 4.23. The van der Waals surface area contributed by atoms with Crippen molar-refractivity contribution in [2.45, 2.75) is 63.2 Å². The summed E-state index contributed by atoms with van der Waals surface area (Å²) in [6.07, 6.45) is 6.86. The van der Waals surface area contributed by atoms with Crippen LogP contribution in [0.5, 0.6) is 0 Å². The van der Waals surface area contributed by atoms with E-state index in [1.807, 2.05) is 18.0 Å². The van der Waals surface area contributed by atoms with Crippen molar-refractivity contribution >= 4 is 17.2 Å².